The minimum absolute atomic E-state index is 0.00359. The third kappa shape index (κ3) is 4.20. The minimum atomic E-state index is -4.96. The van der Waals surface area contributed by atoms with E-state index in [9.17, 15) is 22.4 Å². The van der Waals surface area contributed by atoms with Crippen molar-refractivity contribution in [2.45, 2.75) is 19.2 Å². The van der Waals surface area contributed by atoms with Crippen LogP contribution in [-0.2, 0) is 0 Å². The van der Waals surface area contributed by atoms with Gasteiger partial charge in [-0.05, 0) is 24.6 Å². The molecular weight excluding hydrogens is 252 g/mol. The van der Waals surface area contributed by atoms with E-state index in [1.54, 1.807) is 0 Å². The fraction of sp³-hybridized carbons (Fsp3) is 0.250. The largest absolute Gasteiger partial charge is 0.573 e. The number of rotatable bonds is 5. The van der Waals surface area contributed by atoms with Gasteiger partial charge in [0.2, 0.25) is 0 Å². The van der Waals surface area contributed by atoms with Crippen molar-refractivity contribution in [2.24, 2.45) is 0 Å². The first kappa shape index (κ1) is 14.2. The van der Waals surface area contributed by atoms with Crippen molar-refractivity contribution in [3.8, 4) is 5.75 Å². The Morgan fingerprint density at radius 1 is 1.39 bits per heavy atom. The molecule has 0 bridgehead atoms. The lowest BCUT2D eigenvalue weighted by atomic mass is 10.1. The zero-order valence-electron chi connectivity index (χ0n) is 9.26. The van der Waals surface area contributed by atoms with E-state index in [2.05, 4.69) is 11.3 Å². The Bertz CT molecular complexity index is 452. The molecule has 1 aromatic rings. The fourth-order valence-electron chi connectivity index (χ4n) is 1.26. The highest BCUT2D eigenvalue weighted by atomic mass is 19.4. The predicted octanol–water partition coefficient (Wildman–Crippen LogP) is 3.87. The molecule has 0 aliphatic carbocycles. The number of carbonyl (C=O) groups excluding carboxylic acids is 1. The van der Waals surface area contributed by atoms with Crippen LogP contribution in [0.2, 0.25) is 0 Å². The normalized spacial score (nSPS) is 11.1. The highest BCUT2D eigenvalue weighted by Gasteiger charge is 2.32. The second kappa shape index (κ2) is 5.66. The molecule has 0 fully saturated rings. The number of ether oxygens (including phenoxy) is 1. The van der Waals surface area contributed by atoms with Gasteiger partial charge in [0.1, 0.15) is 0 Å². The first-order chi connectivity index (χ1) is 8.33. The van der Waals surface area contributed by atoms with E-state index in [0.29, 0.717) is 6.42 Å². The molecule has 0 N–H and O–H groups in total. The lowest BCUT2D eigenvalue weighted by Gasteiger charge is -2.10. The Morgan fingerprint density at radius 2 is 2.06 bits per heavy atom. The van der Waals surface area contributed by atoms with Crippen LogP contribution in [0.4, 0.5) is 17.6 Å². The third-order valence-electron chi connectivity index (χ3n) is 2.06. The number of hydrogen-bond acceptors (Lipinski definition) is 2. The van der Waals surface area contributed by atoms with Crippen LogP contribution in [0.15, 0.2) is 30.9 Å². The number of Topliss-reactive ketones (excluding diaryl/α,β-unsaturated/α-hetero) is 1. The van der Waals surface area contributed by atoms with Gasteiger partial charge in [0, 0.05) is 12.0 Å². The Balaban J connectivity index is 2.85. The maximum absolute atomic E-state index is 13.3. The number of allylic oxidation sites excluding steroid dienone is 1. The average molecular weight is 262 g/mol. The maximum atomic E-state index is 13.3. The van der Waals surface area contributed by atoms with Gasteiger partial charge in [0.25, 0.3) is 0 Å². The van der Waals surface area contributed by atoms with Crippen LogP contribution < -0.4 is 4.74 Å². The van der Waals surface area contributed by atoms with Crippen molar-refractivity contribution in [1.82, 2.24) is 0 Å². The average Bonchev–Trinajstić information content (AvgIpc) is 2.27. The topological polar surface area (TPSA) is 26.3 Å². The number of alkyl halides is 3. The molecule has 0 radical (unpaired) electrons. The SMILES string of the molecule is C=CCCC(=O)c1ccc(OC(F)(F)F)c(F)c1. The molecule has 0 aliphatic heterocycles. The van der Waals surface area contributed by atoms with Crippen molar-refractivity contribution >= 4 is 5.78 Å². The molecule has 6 heteroatoms. The number of hydrogen-bond donors (Lipinski definition) is 0. The summed E-state index contributed by atoms with van der Waals surface area (Å²) in [6, 6.07) is 2.60. The van der Waals surface area contributed by atoms with Crippen molar-refractivity contribution in [3.63, 3.8) is 0 Å². The number of carbonyl (C=O) groups is 1. The molecular formula is C12H10F4O2. The van der Waals surface area contributed by atoms with Gasteiger partial charge >= 0.3 is 6.36 Å². The second-order valence-corrected chi connectivity index (χ2v) is 3.44. The van der Waals surface area contributed by atoms with Gasteiger partial charge in [-0.25, -0.2) is 4.39 Å². The molecule has 0 unspecified atom stereocenters. The van der Waals surface area contributed by atoms with E-state index in [-0.39, 0.29) is 17.8 Å². The van der Waals surface area contributed by atoms with Gasteiger partial charge in [-0.1, -0.05) is 6.08 Å². The molecule has 0 saturated heterocycles. The standard InChI is InChI=1S/C12H10F4O2/c1-2-3-4-10(17)8-5-6-11(9(13)7-8)18-12(14,15)16/h2,5-7H,1,3-4H2. The quantitative estimate of drug-likeness (QED) is 0.457. The molecule has 1 aromatic carbocycles. The van der Waals surface area contributed by atoms with Gasteiger partial charge in [0.05, 0.1) is 0 Å². The van der Waals surface area contributed by atoms with Crippen molar-refractivity contribution < 1.29 is 27.1 Å². The van der Waals surface area contributed by atoms with Gasteiger partial charge in [0.15, 0.2) is 17.3 Å². The Morgan fingerprint density at radius 3 is 2.56 bits per heavy atom. The van der Waals surface area contributed by atoms with Crippen molar-refractivity contribution in [2.75, 3.05) is 0 Å². The molecule has 0 aromatic heterocycles. The first-order valence-corrected chi connectivity index (χ1v) is 5.03. The zero-order valence-corrected chi connectivity index (χ0v) is 9.26. The number of benzene rings is 1. The highest BCUT2D eigenvalue weighted by molar-refractivity contribution is 5.96. The third-order valence-corrected chi connectivity index (χ3v) is 2.06. The first-order valence-electron chi connectivity index (χ1n) is 5.03. The summed E-state index contributed by atoms with van der Waals surface area (Å²) in [6.07, 6.45) is -2.89. The van der Waals surface area contributed by atoms with Crippen LogP contribution in [0.3, 0.4) is 0 Å². The van der Waals surface area contributed by atoms with Crippen LogP contribution in [0.25, 0.3) is 0 Å². The van der Waals surface area contributed by atoms with E-state index >= 15 is 0 Å². The lowest BCUT2D eigenvalue weighted by molar-refractivity contribution is -0.275. The molecule has 98 valence electrons. The zero-order chi connectivity index (χ0) is 13.8. The summed E-state index contributed by atoms with van der Waals surface area (Å²) < 4.78 is 52.4. The van der Waals surface area contributed by atoms with Gasteiger partial charge in [-0.2, -0.15) is 0 Å². The molecule has 0 amide bonds. The smallest absolute Gasteiger partial charge is 0.403 e. The summed E-state index contributed by atoms with van der Waals surface area (Å²) in [5, 5.41) is 0. The molecule has 0 heterocycles. The second-order valence-electron chi connectivity index (χ2n) is 3.44. The predicted molar refractivity (Wildman–Crippen MR) is 56.8 cm³/mol. The maximum Gasteiger partial charge on any atom is 0.573 e. The van der Waals surface area contributed by atoms with Gasteiger partial charge in [-0.3, -0.25) is 4.79 Å². The van der Waals surface area contributed by atoms with Crippen LogP contribution in [-0.4, -0.2) is 12.1 Å². The number of halogens is 4. The van der Waals surface area contributed by atoms with E-state index in [1.807, 2.05) is 0 Å². The summed E-state index contributed by atoms with van der Waals surface area (Å²) in [5.74, 6) is -2.55. The van der Waals surface area contributed by atoms with E-state index in [4.69, 9.17) is 0 Å². The molecule has 0 atom stereocenters. The monoisotopic (exact) mass is 262 g/mol. The van der Waals surface area contributed by atoms with E-state index < -0.39 is 17.9 Å². The summed E-state index contributed by atoms with van der Waals surface area (Å²) in [5.41, 5.74) is 0.00359. The highest BCUT2D eigenvalue weighted by Crippen LogP contribution is 2.26. The summed E-state index contributed by atoms with van der Waals surface area (Å²) in [6.45, 7) is 3.43. The Hall–Kier alpha value is -1.85. The minimum Gasteiger partial charge on any atom is -0.403 e. The van der Waals surface area contributed by atoms with Crippen molar-refractivity contribution in [1.29, 1.82) is 0 Å². The molecule has 0 saturated carbocycles. The molecule has 0 spiro atoms. The lowest BCUT2D eigenvalue weighted by Crippen LogP contribution is -2.18. The Labute approximate surface area is 101 Å². The summed E-state index contributed by atoms with van der Waals surface area (Å²) in [7, 11) is 0. The Kier molecular flexibility index (Phi) is 4.47. The van der Waals surface area contributed by atoms with Crippen LogP contribution in [0, 0.1) is 5.82 Å². The molecule has 2 nitrogen and oxygen atoms in total. The number of ketones is 1. The molecule has 1 rings (SSSR count). The van der Waals surface area contributed by atoms with Gasteiger partial charge in [-0.15, -0.1) is 19.8 Å². The molecule has 0 aliphatic rings. The van der Waals surface area contributed by atoms with Crippen LogP contribution >= 0.6 is 0 Å². The summed E-state index contributed by atoms with van der Waals surface area (Å²) in [4.78, 5) is 11.5. The van der Waals surface area contributed by atoms with Crippen LogP contribution in [0.1, 0.15) is 23.2 Å². The van der Waals surface area contributed by atoms with Crippen molar-refractivity contribution in [3.05, 3.63) is 42.2 Å². The molecule has 18 heavy (non-hydrogen) atoms. The van der Waals surface area contributed by atoms with Gasteiger partial charge < -0.3 is 4.74 Å². The van der Waals surface area contributed by atoms with E-state index in [0.717, 1.165) is 18.2 Å². The fourth-order valence-corrected chi connectivity index (χ4v) is 1.26. The van der Waals surface area contributed by atoms with E-state index in [1.165, 1.54) is 6.08 Å². The summed E-state index contributed by atoms with van der Waals surface area (Å²) >= 11 is 0. The van der Waals surface area contributed by atoms with Crippen LogP contribution in [0.5, 0.6) is 5.75 Å².